The fraction of sp³-hybridized carbons (Fsp3) is 0.538. The second-order valence-electron chi connectivity index (χ2n) is 4.75. The molecule has 1 aromatic rings. The van der Waals surface area contributed by atoms with Crippen LogP contribution >= 0.6 is 0 Å². The highest BCUT2D eigenvalue weighted by Gasteiger charge is 2.43. The van der Waals surface area contributed by atoms with Gasteiger partial charge in [0.1, 0.15) is 0 Å². The monoisotopic (exact) mass is 221 g/mol. The summed E-state index contributed by atoms with van der Waals surface area (Å²) in [6.07, 6.45) is 2.40. The first-order chi connectivity index (χ1) is 7.63. The van der Waals surface area contributed by atoms with Gasteiger partial charge in [0.15, 0.2) is 11.5 Å². The molecule has 3 nitrogen and oxygen atoms in total. The number of benzene rings is 1. The van der Waals surface area contributed by atoms with E-state index in [0.717, 1.165) is 5.56 Å². The number of hydrogen-bond acceptors (Lipinski definition) is 3. The van der Waals surface area contributed by atoms with Gasteiger partial charge in [-0.15, -0.1) is 0 Å². The second kappa shape index (κ2) is 3.98. The molecule has 0 aromatic heterocycles. The van der Waals surface area contributed by atoms with Crippen LogP contribution in [0.1, 0.15) is 25.3 Å². The van der Waals surface area contributed by atoms with Gasteiger partial charge in [0, 0.05) is 17.5 Å². The van der Waals surface area contributed by atoms with Crippen molar-refractivity contribution in [3.8, 4) is 11.5 Å². The van der Waals surface area contributed by atoms with E-state index in [9.17, 15) is 5.11 Å². The third-order valence-electron chi connectivity index (χ3n) is 3.74. The first-order valence-electron chi connectivity index (χ1n) is 5.70. The molecule has 1 aliphatic rings. The summed E-state index contributed by atoms with van der Waals surface area (Å²) in [5.41, 5.74) is 6.68. The Morgan fingerprint density at radius 2 is 2.19 bits per heavy atom. The number of ether oxygens (including phenoxy) is 1. The lowest BCUT2D eigenvalue weighted by atomic mass is 9.77. The molecule has 1 unspecified atom stereocenters. The zero-order chi connectivity index (χ0) is 11.8. The van der Waals surface area contributed by atoms with Crippen molar-refractivity contribution in [2.24, 2.45) is 11.7 Å². The predicted molar refractivity (Wildman–Crippen MR) is 63.8 cm³/mol. The smallest absolute Gasteiger partial charge is 0.161 e. The van der Waals surface area contributed by atoms with Crippen molar-refractivity contribution >= 4 is 0 Å². The Balaban J connectivity index is 2.45. The summed E-state index contributed by atoms with van der Waals surface area (Å²) < 4.78 is 5.13. The van der Waals surface area contributed by atoms with Crippen LogP contribution < -0.4 is 10.5 Å². The summed E-state index contributed by atoms with van der Waals surface area (Å²) in [6.45, 7) is 2.68. The van der Waals surface area contributed by atoms with Crippen molar-refractivity contribution in [1.82, 2.24) is 0 Å². The fourth-order valence-electron chi connectivity index (χ4n) is 2.36. The van der Waals surface area contributed by atoms with E-state index in [0.29, 0.717) is 18.2 Å². The summed E-state index contributed by atoms with van der Waals surface area (Å²) in [7, 11) is 1.57. The molecule has 3 heteroatoms. The number of phenols is 1. The summed E-state index contributed by atoms with van der Waals surface area (Å²) in [5, 5.41) is 10.2. The maximum absolute atomic E-state index is 10.2. The van der Waals surface area contributed by atoms with Gasteiger partial charge in [0.2, 0.25) is 0 Å². The number of phenolic OH excluding ortho intramolecular Hbond substituents is 1. The Hall–Kier alpha value is -1.22. The molecule has 0 saturated heterocycles. The van der Waals surface area contributed by atoms with E-state index in [1.807, 2.05) is 12.1 Å². The van der Waals surface area contributed by atoms with Crippen LogP contribution in [0, 0.1) is 5.92 Å². The normalized spacial score (nSPS) is 19.2. The molecule has 1 saturated carbocycles. The Bertz CT molecular complexity index is 388. The van der Waals surface area contributed by atoms with Gasteiger partial charge in [-0.1, -0.05) is 19.1 Å². The minimum atomic E-state index is -0.126. The van der Waals surface area contributed by atoms with Gasteiger partial charge in [-0.05, 0) is 24.8 Å². The molecule has 1 aliphatic carbocycles. The van der Waals surface area contributed by atoms with Gasteiger partial charge in [0.25, 0.3) is 0 Å². The predicted octanol–water partition coefficient (Wildman–Crippen LogP) is 2.03. The van der Waals surface area contributed by atoms with Gasteiger partial charge >= 0.3 is 0 Å². The van der Waals surface area contributed by atoms with Crippen molar-refractivity contribution < 1.29 is 9.84 Å². The average molecular weight is 221 g/mol. The van der Waals surface area contributed by atoms with Crippen LogP contribution in [-0.2, 0) is 5.41 Å². The SMILES string of the molecule is COc1cccc(C(C)(CN)C2CC2)c1O. The zero-order valence-corrected chi connectivity index (χ0v) is 9.86. The van der Waals surface area contributed by atoms with E-state index in [2.05, 4.69) is 6.92 Å². The van der Waals surface area contributed by atoms with E-state index in [1.165, 1.54) is 12.8 Å². The summed E-state index contributed by atoms with van der Waals surface area (Å²) >= 11 is 0. The highest BCUT2D eigenvalue weighted by atomic mass is 16.5. The molecule has 1 atom stereocenters. The van der Waals surface area contributed by atoms with Crippen molar-refractivity contribution in [3.63, 3.8) is 0 Å². The van der Waals surface area contributed by atoms with Crippen LogP contribution in [0.25, 0.3) is 0 Å². The molecule has 0 heterocycles. The Kier molecular flexibility index (Phi) is 2.80. The maximum Gasteiger partial charge on any atom is 0.161 e. The summed E-state index contributed by atoms with van der Waals surface area (Å²) in [4.78, 5) is 0. The number of rotatable bonds is 4. The van der Waals surface area contributed by atoms with Gasteiger partial charge in [-0.2, -0.15) is 0 Å². The molecule has 0 amide bonds. The number of methoxy groups -OCH3 is 1. The third kappa shape index (κ3) is 1.65. The fourth-order valence-corrected chi connectivity index (χ4v) is 2.36. The Morgan fingerprint density at radius 1 is 1.50 bits per heavy atom. The van der Waals surface area contributed by atoms with Gasteiger partial charge < -0.3 is 15.6 Å². The Labute approximate surface area is 96.2 Å². The van der Waals surface area contributed by atoms with Gasteiger partial charge in [0.05, 0.1) is 7.11 Å². The summed E-state index contributed by atoms with van der Waals surface area (Å²) in [5.74, 6) is 1.36. The van der Waals surface area contributed by atoms with Crippen LogP contribution in [0.2, 0.25) is 0 Å². The van der Waals surface area contributed by atoms with Gasteiger partial charge in [-0.25, -0.2) is 0 Å². The molecular weight excluding hydrogens is 202 g/mol. The van der Waals surface area contributed by atoms with Crippen LogP contribution in [0.4, 0.5) is 0 Å². The lowest BCUT2D eigenvalue weighted by Crippen LogP contribution is -2.34. The van der Waals surface area contributed by atoms with E-state index in [-0.39, 0.29) is 11.2 Å². The van der Waals surface area contributed by atoms with E-state index in [4.69, 9.17) is 10.5 Å². The quantitative estimate of drug-likeness (QED) is 0.818. The zero-order valence-electron chi connectivity index (χ0n) is 9.86. The van der Waals surface area contributed by atoms with Crippen molar-refractivity contribution in [2.75, 3.05) is 13.7 Å². The highest BCUT2D eigenvalue weighted by Crippen LogP contribution is 2.50. The molecule has 16 heavy (non-hydrogen) atoms. The van der Waals surface area contributed by atoms with Gasteiger partial charge in [-0.3, -0.25) is 0 Å². The molecule has 0 radical (unpaired) electrons. The molecule has 1 aromatic carbocycles. The topological polar surface area (TPSA) is 55.5 Å². The van der Waals surface area contributed by atoms with E-state index >= 15 is 0 Å². The summed E-state index contributed by atoms with van der Waals surface area (Å²) in [6, 6.07) is 5.62. The lowest BCUT2D eigenvalue weighted by Gasteiger charge is -2.29. The molecule has 0 aliphatic heterocycles. The van der Waals surface area contributed by atoms with Crippen molar-refractivity contribution in [3.05, 3.63) is 23.8 Å². The minimum absolute atomic E-state index is 0.126. The molecular formula is C13H19NO2. The number of nitrogens with two attached hydrogens (primary N) is 1. The van der Waals surface area contributed by atoms with Crippen LogP contribution in [0.15, 0.2) is 18.2 Å². The second-order valence-corrected chi connectivity index (χ2v) is 4.75. The molecule has 88 valence electrons. The van der Waals surface area contributed by atoms with E-state index in [1.54, 1.807) is 13.2 Å². The van der Waals surface area contributed by atoms with Crippen LogP contribution in [0.3, 0.4) is 0 Å². The first-order valence-corrected chi connectivity index (χ1v) is 5.70. The maximum atomic E-state index is 10.2. The number of para-hydroxylation sites is 1. The van der Waals surface area contributed by atoms with Crippen molar-refractivity contribution in [2.45, 2.75) is 25.2 Å². The number of aromatic hydroxyl groups is 1. The third-order valence-corrected chi connectivity index (χ3v) is 3.74. The molecule has 3 N–H and O–H groups in total. The molecule has 0 spiro atoms. The average Bonchev–Trinajstić information content (AvgIpc) is 3.12. The number of hydrogen-bond donors (Lipinski definition) is 2. The van der Waals surface area contributed by atoms with Crippen LogP contribution in [0.5, 0.6) is 11.5 Å². The Morgan fingerprint density at radius 3 is 2.69 bits per heavy atom. The van der Waals surface area contributed by atoms with Crippen molar-refractivity contribution in [1.29, 1.82) is 0 Å². The van der Waals surface area contributed by atoms with Crippen LogP contribution in [-0.4, -0.2) is 18.8 Å². The minimum Gasteiger partial charge on any atom is -0.504 e. The lowest BCUT2D eigenvalue weighted by molar-refractivity contribution is 0.348. The molecule has 2 rings (SSSR count). The highest BCUT2D eigenvalue weighted by molar-refractivity contribution is 5.49. The standard InChI is InChI=1S/C13H19NO2/c1-13(8-14,9-6-7-9)10-4-3-5-11(16-2)12(10)15/h3-5,9,15H,6-8,14H2,1-2H3. The first kappa shape index (κ1) is 11.3. The van der Waals surface area contributed by atoms with E-state index < -0.39 is 0 Å². The molecule has 0 bridgehead atoms. The largest absolute Gasteiger partial charge is 0.504 e. The molecule has 1 fully saturated rings.